The summed E-state index contributed by atoms with van der Waals surface area (Å²) in [6, 6.07) is 9.00. The average Bonchev–Trinajstić information content (AvgIpc) is 2.91. The molecule has 88 valence electrons. The highest BCUT2D eigenvalue weighted by Gasteiger charge is 2.13. The van der Waals surface area contributed by atoms with Gasteiger partial charge in [-0.3, -0.25) is 4.79 Å². The summed E-state index contributed by atoms with van der Waals surface area (Å²) in [7, 11) is 3.12. The summed E-state index contributed by atoms with van der Waals surface area (Å²) in [5.74, 6) is 1.08. The smallest absolute Gasteiger partial charge is 0.254 e. The van der Waals surface area contributed by atoms with E-state index in [1.807, 2.05) is 12.1 Å². The van der Waals surface area contributed by atoms with E-state index in [0.717, 1.165) is 11.3 Å². The first-order chi connectivity index (χ1) is 8.26. The number of carbonyl (C=O) groups is 1. The standard InChI is InChI=1S/C13H13NO3/c1-14-13(15)10-8-9(5-6-12(10)16-2)11-4-3-7-17-11/h3-8H,1-2H3,(H,14,15). The van der Waals surface area contributed by atoms with Crippen molar-refractivity contribution in [3.05, 3.63) is 42.2 Å². The van der Waals surface area contributed by atoms with Crippen LogP contribution in [-0.4, -0.2) is 20.1 Å². The fourth-order valence-corrected chi connectivity index (χ4v) is 1.62. The number of ether oxygens (including phenoxy) is 1. The highest BCUT2D eigenvalue weighted by Crippen LogP contribution is 2.26. The molecular formula is C13H13NO3. The molecule has 1 aromatic carbocycles. The van der Waals surface area contributed by atoms with Gasteiger partial charge in [0, 0.05) is 12.6 Å². The Hall–Kier alpha value is -2.23. The number of hydrogen-bond acceptors (Lipinski definition) is 3. The van der Waals surface area contributed by atoms with Gasteiger partial charge in [0.1, 0.15) is 11.5 Å². The first-order valence-corrected chi connectivity index (χ1v) is 5.20. The molecular weight excluding hydrogens is 218 g/mol. The van der Waals surface area contributed by atoms with Crippen molar-refractivity contribution < 1.29 is 13.9 Å². The molecule has 2 rings (SSSR count). The largest absolute Gasteiger partial charge is 0.496 e. The molecule has 4 nitrogen and oxygen atoms in total. The van der Waals surface area contributed by atoms with E-state index in [1.54, 1.807) is 31.5 Å². The third-order valence-corrected chi connectivity index (χ3v) is 2.48. The molecule has 0 bridgehead atoms. The molecule has 0 aliphatic carbocycles. The Morgan fingerprint density at radius 3 is 2.76 bits per heavy atom. The molecule has 17 heavy (non-hydrogen) atoms. The lowest BCUT2D eigenvalue weighted by atomic mass is 10.1. The van der Waals surface area contributed by atoms with Crippen molar-refractivity contribution >= 4 is 5.91 Å². The van der Waals surface area contributed by atoms with Gasteiger partial charge >= 0.3 is 0 Å². The van der Waals surface area contributed by atoms with Crippen molar-refractivity contribution in [1.29, 1.82) is 0 Å². The van der Waals surface area contributed by atoms with E-state index in [0.29, 0.717) is 11.3 Å². The van der Waals surface area contributed by atoms with E-state index in [2.05, 4.69) is 5.32 Å². The molecule has 0 aliphatic rings. The minimum absolute atomic E-state index is 0.185. The van der Waals surface area contributed by atoms with E-state index in [4.69, 9.17) is 9.15 Å². The lowest BCUT2D eigenvalue weighted by molar-refractivity contribution is 0.0960. The molecule has 0 aliphatic heterocycles. The molecule has 1 amide bonds. The van der Waals surface area contributed by atoms with Crippen LogP contribution in [0.5, 0.6) is 5.75 Å². The molecule has 0 unspecified atom stereocenters. The third kappa shape index (κ3) is 2.15. The zero-order chi connectivity index (χ0) is 12.3. The molecule has 0 radical (unpaired) electrons. The maximum absolute atomic E-state index is 11.7. The van der Waals surface area contributed by atoms with Gasteiger partial charge in [0.2, 0.25) is 0 Å². The minimum Gasteiger partial charge on any atom is -0.496 e. The molecule has 1 heterocycles. The Morgan fingerprint density at radius 2 is 2.18 bits per heavy atom. The van der Waals surface area contributed by atoms with Crippen LogP contribution in [0, 0.1) is 0 Å². The fourth-order valence-electron chi connectivity index (χ4n) is 1.62. The van der Waals surface area contributed by atoms with Crippen LogP contribution >= 0.6 is 0 Å². The van der Waals surface area contributed by atoms with Crippen LogP contribution in [0.2, 0.25) is 0 Å². The number of benzene rings is 1. The summed E-state index contributed by atoms with van der Waals surface area (Å²) >= 11 is 0. The van der Waals surface area contributed by atoms with Gasteiger partial charge in [0.25, 0.3) is 5.91 Å². The Kier molecular flexibility index (Phi) is 3.14. The molecule has 0 atom stereocenters. The van der Waals surface area contributed by atoms with Crippen LogP contribution in [0.4, 0.5) is 0 Å². The highest BCUT2D eigenvalue weighted by atomic mass is 16.5. The summed E-state index contributed by atoms with van der Waals surface area (Å²) < 4.78 is 10.4. The maximum atomic E-state index is 11.7. The molecule has 1 N–H and O–H groups in total. The monoisotopic (exact) mass is 231 g/mol. The number of furan rings is 1. The predicted molar refractivity (Wildman–Crippen MR) is 64.1 cm³/mol. The lowest BCUT2D eigenvalue weighted by Crippen LogP contribution is -2.18. The number of methoxy groups -OCH3 is 1. The van der Waals surface area contributed by atoms with Crippen molar-refractivity contribution in [2.24, 2.45) is 0 Å². The Balaban J connectivity index is 2.48. The average molecular weight is 231 g/mol. The van der Waals surface area contributed by atoms with Gasteiger partial charge in [0.15, 0.2) is 0 Å². The van der Waals surface area contributed by atoms with Crippen molar-refractivity contribution in [3.8, 4) is 17.1 Å². The van der Waals surface area contributed by atoms with Crippen LogP contribution in [0.15, 0.2) is 41.0 Å². The van der Waals surface area contributed by atoms with Gasteiger partial charge in [-0.2, -0.15) is 0 Å². The van der Waals surface area contributed by atoms with Crippen molar-refractivity contribution in [2.45, 2.75) is 0 Å². The zero-order valence-corrected chi connectivity index (χ0v) is 9.69. The molecule has 4 heteroatoms. The Bertz CT molecular complexity index is 517. The van der Waals surface area contributed by atoms with Gasteiger partial charge < -0.3 is 14.5 Å². The fraction of sp³-hybridized carbons (Fsp3) is 0.154. The lowest BCUT2D eigenvalue weighted by Gasteiger charge is -2.08. The van der Waals surface area contributed by atoms with E-state index in [1.165, 1.54) is 7.11 Å². The van der Waals surface area contributed by atoms with Crippen LogP contribution < -0.4 is 10.1 Å². The van der Waals surface area contributed by atoms with Gasteiger partial charge in [-0.25, -0.2) is 0 Å². The van der Waals surface area contributed by atoms with Crippen molar-refractivity contribution in [2.75, 3.05) is 14.2 Å². The molecule has 0 saturated heterocycles. The summed E-state index contributed by atoms with van der Waals surface area (Å²) in [4.78, 5) is 11.7. The molecule has 1 aromatic heterocycles. The second-order valence-electron chi connectivity index (χ2n) is 3.47. The third-order valence-electron chi connectivity index (χ3n) is 2.48. The van der Waals surface area contributed by atoms with Gasteiger partial charge in [-0.15, -0.1) is 0 Å². The van der Waals surface area contributed by atoms with Gasteiger partial charge in [-0.05, 0) is 30.3 Å². The van der Waals surface area contributed by atoms with E-state index >= 15 is 0 Å². The van der Waals surface area contributed by atoms with Gasteiger partial charge in [0.05, 0.1) is 18.9 Å². The van der Waals surface area contributed by atoms with Crippen LogP contribution in [0.1, 0.15) is 10.4 Å². The maximum Gasteiger partial charge on any atom is 0.254 e. The van der Waals surface area contributed by atoms with Crippen LogP contribution in [0.25, 0.3) is 11.3 Å². The zero-order valence-electron chi connectivity index (χ0n) is 9.69. The molecule has 0 spiro atoms. The normalized spacial score (nSPS) is 10.0. The summed E-state index contributed by atoms with van der Waals surface area (Å²) in [5.41, 5.74) is 1.33. The summed E-state index contributed by atoms with van der Waals surface area (Å²) in [6.07, 6.45) is 1.60. The summed E-state index contributed by atoms with van der Waals surface area (Å²) in [6.45, 7) is 0. The predicted octanol–water partition coefficient (Wildman–Crippen LogP) is 2.31. The Labute approximate surface area is 99.2 Å². The SMILES string of the molecule is CNC(=O)c1cc(-c2ccco2)ccc1OC. The topological polar surface area (TPSA) is 51.5 Å². The highest BCUT2D eigenvalue weighted by molar-refractivity contribution is 5.97. The first-order valence-electron chi connectivity index (χ1n) is 5.20. The van der Waals surface area contributed by atoms with E-state index < -0.39 is 0 Å². The van der Waals surface area contributed by atoms with Gasteiger partial charge in [-0.1, -0.05) is 0 Å². The first kappa shape index (κ1) is 11.3. The number of nitrogens with one attached hydrogen (secondary N) is 1. The minimum atomic E-state index is -0.185. The van der Waals surface area contributed by atoms with Crippen LogP contribution in [-0.2, 0) is 0 Å². The number of amides is 1. The second-order valence-corrected chi connectivity index (χ2v) is 3.47. The number of hydrogen-bond donors (Lipinski definition) is 1. The second kappa shape index (κ2) is 4.74. The molecule has 0 saturated carbocycles. The molecule has 0 fully saturated rings. The molecule has 2 aromatic rings. The quantitative estimate of drug-likeness (QED) is 0.881. The number of carbonyl (C=O) groups excluding carboxylic acids is 1. The Morgan fingerprint density at radius 1 is 1.35 bits per heavy atom. The van der Waals surface area contributed by atoms with Crippen molar-refractivity contribution in [1.82, 2.24) is 5.32 Å². The van der Waals surface area contributed by atoms with Crippen molar-refractivity contribution in [3.63, 3.8) is 0 Å². The number of rotatable bonds is 3. The van der Waals surface area contributed by atoms with E-state index in [9.17, 15) is 4.79 Å². The summed E-state index contributed by atoms with van der Waals surface area (Å²) in [5, 5.41) is 2.58. The van der Waals surface area contributed by atoms with E-state index in [-0.39, 0.29) is 5.91 Å². The van der Waals surface area contributed by atoms with Crippen LogP contribution in [0.3, 0.4) is 0 Å².